The summed E-state index contributed by atoms with van der Waals surface area (Å²) < 4.78 is 11.6. The van der Waals surface area contributed by atoms with Gasteiger partial charge in [-0.1, -0.05) is 18.1 Å². The predicted octanol–water partition coefficient (Wildman–Crippen LogP) is 2.07. The molecule has 3 aliphatic heterocycles. The summed E-state index contributed by atoms with van der Waals surface area (Å²) >= 11 is 0. The Kier molecular flexibility index (Phi) is 4.83. The van der Waals surface area contributed by atoms with E-state index in [-0.39, 0.29) is 11.5 Å². The molecule has 2 aromatic heterocycles. The third-order valence-corrected chi connectivity index (χ3v) is 6.54. The molecule has 3 atom stereocenters. The molecule has 8 heteroatoms. The lowest BCUT2D eigenvalue weighted by molar-refractivity contribution is -0.143. The van der Waals surface area contributed by atoms with Gasteiger partial charge in [-0.25, -0.2) is 0 Å². The van der Waals surface area contributed by atoms with Gasteiger partial charge in [-0.3, -0.25) is 14.7 Å². The van der Waals surface area contributed by atoms with E-state index in [0.29, 0.717) is 43.4 Å². The Morgan fingerprint density at radius 2 is 2.10 bits per heavy atom. The highest BCUT2D eigenvalue weighted by Crippen LogP contribution is 2.44. The van der Waals surface area contributed by atoms with Gasteiger partial charge >= 0.3 is 0 Å². The third-order valence-electron chi connectivity index (χ3n) is 6.54. The number of carbonyl (C=O) groups excluding carboxylic acids is 1. The van der Waals surface area contributed by atoms with Gasteiger partial charge in [0.25, 0.3) is 5.91 Å². The van der Waals surface area contributed by atoms with Crippen LogP contribution in [0.1, 0.15) is 54.8 Å². The van der Waals surface area contributed by atoms with Crippen LogP contribution in [0.15, 0.2) is 28.9 Å². The zero-order chi connectivity index (χ0) is 19.8. The third kappa shape index (κ3) is 3.55. The van der Waals surface area contributed by atoms with E-state index in [4.69, 9.17) is 9.26 Å². The van der Waals surface area contributed by atoms with E-state index >= 15 is 0 Å². The molecule has 154 valence electrons. The number of hydrogen-bond donors (Lipinski definition) is 0. The fourth-order valence-corrected chi connectivity index (χ4v) is 5.23. The number of rotatable bonds is 4. The smallest absolute Gasteiger partial charge is 0.272 e. The fraction of sp³-hybridized carbons (Fsp3) is 0.619. The van der Waals surface area contributed by atoms with Crippen molar-refractivity contribution in [2.24, 2.45) is 0 Å². The van der Waals surface area contributed by atoms with Crippen molar-refractivity contribution in [1.29, 1.82) is 0 Å². The van der Waals surface area contributed by atoms with Crippen molar-refractivity contribution in [3.63, 3.8) is 0 Å². The maximum absolute atomic E-state index is 12.9. The Hall–Kier alpha value is -2.32. The van der Waals surface area contributed by atoms with Gasteiger partial charge in [0.2, 0.25) is 5.89 Å². The molecule has 5 heterocycles. The first-order chi connectivity index (χ1) is 14.2. The number of carbonyl (C=O) groups is 1. The maximum atomic E-state index is 12.9. The summed E-state index contributed by atoms with van der Waals surface area (Å²) in [5.74, 6) is 1.47. The van der Waals surface area contributed by atoms with E-state index in [2.05, 4.69) is 20.0 Å². The minimum atomic E-state index is -0.253. The quantitative estimate of drug-likeness (QED) is 0.781. The number of morpholine rings is 1. The summed E-state index contributed by atoms with van der Waals surface area (Å²) in [6, 6.07) is 6.34. The normalized spacial score (nSPS) is 29.5. The molecule has 29 heavy (non-hydrogen) atoms. The monoisotopic (exact) mass is 397 g/mol. The van der Waals surface area contributed by atoms with Gasteiger partial charge in [0.05, 0.1) is 25.3 Å². The lowest BCUT2D eigenvalue weighted by atomic mass is 9.84. The first-order valence-corrected chi connectivity index (χ1v) is 10.6. The number of hydrogen-bond acceptors (Lipinski definition) is 7. The summed E-state index contributed by atoms with van der Waals surface area (Å²) in [7, 11) is 0. The highest BCUT2D eigenvalue weighted by Gasteiger charge is 2.51. The van der Waals surface area contributed by atoms with E-state index in [1.165, 1.54) is 0 Å². The minimum Gasteiger partial charge on any atom is -0.371 e. The lowest BCUT2D eigenvalue weighted by Gasteiger charge is -2.50. The van der Waals surface area contributed by atoms with Crippen LogP contribution in [0.4, 0.5) is 0 Å². The molecule has 0 N–H and O–H groups in total. The number of ether oxygens (including phenoxy) is 1. The van der Waals surface area contributed by atoms with Gasteiger partial charge in [0, 0.05) is 31.2 Å². The van der Waals surface area contributed by atoms with Crippen molar-refractivity contribution < 1.29 is 14.1 Å². The van der Waals surface area contributed by atoms with Crippen molar-refractivity contribution in [2.75, 3.05) is 19.7 Å². The van der Waals surface area contributed by atoms with Crippen LogP contribution in [-0.4, -0.2) is 68.2 Å². The summed E-state index contributed by atoms with van der Waals surface area (Å²) in [5.41, 5.74) is 0.255. The summed E-state index contributed by atoms with van der Waals surface area (Å²) in [6.07, 6.45) is 6.62. The van der Waals surface area contributed by atoms with Gasteiger partial charge in [-0.2, -0.15) is 4.98 Å². The first kappa shape index (κ1) is 18.7. The van der Waals surface area contributed by atoms with Crippen molar-refractivity contribution >= 4 is 5.91 Å². The average Bonchev–Trinajstić information content (AvgIpc) is 3.31. The van der Waals surface area contributed by atoms with Crippen LogP contribution in [0.2, 0.25) is 0 Å². The van der Waals surface area contributed by atoms with Crippen LogP contribution in [0, 0.1) is 0 Å². The highest BCUT2D eigenvalue weighted by atomic mass is 16.5. The van der Waals surface area contributed by atoms with Gasteiger partial charge < -0.3 is 14.2 Å². The summed E-state index contributed by atoms with van der Waals surface area (Å²) in [4.78, 5) is 26.1. The predicted molar refractivity (Wildman–Crippen MR) is 104 cm³/mol. The number of aromatic nitrogens is 3. The number of nitrogens with zero attached hydrogens (tertiary/aromatic N) is 5. The molecular formula is C21H27N5O3. The van der Waals surface area contributed by atoms with Crippen molar-refractivity contribution in [1.82, 2.24) is 24.9 Å². The highest BCUT2D eigenvalue weighted by molar-refractivity contribution is 5.92. The van der Waals surface area contributed by atoms with Crippen LogP contribution in [-0.2, 0) is 17.7 Å². The Labute approximate surface area is 170 Å². The number of fused-ring (bicyclic) bond motifs is 2. The Morgan fingerprint density at radius 3 is 2.79 bits per heavy atom. The molecule has 0 saturated carbocycles. The largest absolute Gasteiger partial charge is 0.371 e. The van der Waals surface area contributed by atoms with Crippen LogP contribution < -0.4 is 0 Å². The van der Waals surface area contributed by atoms with Crippen molar-refractivity contribution in [3.05, 3.63) is 41.8 Å². The van der Waals surface area contributed by atoms with E-state index in [1.54, 1.807) is 12.3 Å². The van der Waals surface area contributed by atoms with Gasteiger partial charge in [-0.05, 0) is 37.8 Å². The molecule has 0 aliphatic carbocycles. The number of amides is 1. The van der Waals surface area contributed by atoms with Crippen LogP contribution >= 0.6 is 0 Å². The zero-order valence-corrected chi connectivity index (χ0v) is 16.8. The number of aryl methyl sites for hydroxylation is 1. The summed E-state index contributed by atoms with van der Waals surface area (Å²) in [6.45, 7) is 4.60. The number of piperidine rings is 1. The summed E-state index contributed by atoms with van der Waals surface area (Å²) in [5, 5.41) is 4.13. The first-order valence-electron chi connectivity index (χ1n) is 10.6. The molecule has 8 nitrogen and oxygen atoms in total. The topological polar surface area (TPSA) is 84.6 Å². The van der Waals surface area contributed by atoms with Crippen molar-refractivity contribution in [2.45, 2.75) is 63.3 Å². The zero-order valence-electron chi connectivity index (χ0n) is 16.8. The van der Waals surface area contributed by atoms with Crippen LogP contribution in [0.3, 0.4) is 0 Å². The molecule has 3 saturated heterocycles. The second-order valence-corrected chi connectivity index (χ2v) is 8.40. The Balaban J connectivity index is 1.28. The molecule has 2 bridgehead atoms. The average molecular weight is 397 g/mol. The second kappa shape index (κ2) is 7.50. The van der Waals surface area contributed by atoms with E-state index in [9.17, 15) is 4.79 Å². The van der Waals surface area contributed by atoms with Gasteiger partial charge in [-0.15, -0.1) is 0 Å². The van der Waals surface area contributed by atoms with E-state index < -0.39 is 0 Å². The standard InChI is InChI=1S/C21H27N5O3/c1-2-19-23-18(24-29-19)13-26-15-6-7-16(26)12-21(11-15)14-25(9-10-28-21)20(27)17-5-3-4-8-22-17/h3-5,8,15-16H,2,6-7,9-14H2,1H3/t15-,16+,21?. The van der Waals surface area contributed by atoms with E-state index in [0.717, 1.165) is 44.5 Å². The Bertz CT molecular complexity index is 856. The molecule has 0 aromatic carbocycles. The molecule has 2 aromatic rings. The SMILES string of the molecule is CCc1nc(CN2[C@@H]3CC[C@H]2CC2(C3)CN(C(=O)c3ccccn3)CCO2)no1. The van der Waals surface area contributed by atoms with Gasteiger partial charge in [0.15, 0.2) is 5.82 Å². The molecule has 0 radical (unpaired) electrons. The molecular weight excluding hydrogens is 370 g/mol. The van der Waals surface area contributed by atoms with Crippen LogP contribution in [0.25, 0.3) is 0 Å². The lowest BCUT2D eigenvalue weighted by Crippen LogP contribution is -2.60. The maximum Gasteiger partial charge on any atom is 0.272 e. The van der Waals surface area contributed by atoms with Crippen LogP contribution in [0.5, 0.6) is 0 Å². The molecule has 1 spiro atoms. The minimum absolute atomic E-state index is 0.00180. The Morgan fingerprint density at radius 1 is 1.28 bits per heavy atom. The van der Waals surface area contributed by atoms with Crippen molar-refractivity contribution in [3.8, 4) is 0 Å². The van der Waals surface area contributed by atoms with E-state index in [1.807, 2.05) is 24.0 Å². The molecule has 3 fully saturated rings. The van der Waals surface area contributed by atoms with Gasteiger partial charge in [0.1, 0.15) is 5.69 Å². The molecule has 1 unspecified atom stereocenters. The molecule has 1 amide bonds. The molecule has 3 aliphatic rings. The second-order valence-electron chi connectivity index (χ2n) is 8.40. The fourth-order valence-electron chi connectivity index (χ4n) is 5.23. The number of pyridine rings is 1. The molecule has 5 rings (SSSR count).